The smallest absolute Gasteiger partial charge is 0.129 e. The van der Waals surface area contributed by atoms with Gasteiger partial charge in [-0.3, -0.25) is 0 Å². The zero-order chi connectivity index (χ0) is 11.5. The van der Waals surface area contributed by atoms with Gasteiger partial charge in [-0.2, -0.15) is 0 Å². The molecule has 0 bridgehead atoms. The molecule has 2 nitrogen and oxygen atoms in total. The quantitative estimate of drug-likeness (QED) is 0.753. The SMILES string of the molecule is CC(C)N1CCC(Cc2ccc(Cl)nc2)C1. The molecular formula is C13H19ClN2. The van der Waals surface area contributed by atoms with E-state index in [4.69, 9.17) is 11.6 Å². The number of likely N-dealkylation sites (tertiary alicyclic amines) is 1. The maximum Gasteiger partial charge on any atom is 0.129 e. The Morgan fingerprint density at radius 3 is 2.88 bits per heavy atom. The average Bonchev–Trinajstić information content (AvgIpc) is 2.70. The molecule has 0 spiro atoms. The van der Waals surface area contributed by atoms with Crippen LogP contribution in [0.3, 0.4) is 0 Å². The molecule has 1 unspecified atom stereocenters. The molecule has 1 aliphatic heterocycles. The van der Waals surface area contributed by atoms with Crippen molar-refractivity contribution in [2.24, 2.45) is 5.92 Å². The number of nitrogens with zero attached hydrogens (tertiary/aromatic N) is 2. The summed E-state index contributed by atoms with van der Waals surface area (Å²) >= 11 is 5.77. The van der Waals surface area contributed by atoms with E-state index < -0.39 is 0 Å². The van der Waals surface area contributed by atoms with E-state index in [1.165, 1.54) is 25.1 Å². The predicted molar refractivity (Wildman–Crippen MR) is 67.8 cm³/mol. The fourth-order valence-corrected chi connectivity index (χ4v) is 2.47. The van der Waals surface area contributed by atoms with Crippen molar-refractivity contribution in [3.8, 4) is 0 Å². The predicted octanol–water partition coefficient (Wildman–Crippen LogP) is 3.01. The molecule has 3 heteroatoms. The highest BCUT2D eigenvalue weighted by Gasteiger charge is 2.24. The van der Waals surface area contributed by atoms with Gasteiger partial charge in [0, 0.05) is 18.8 Å². The largest absolute Gasteiger partial charge is 0.301 e. The molecule has 1 atom stereocenters. The summed E-state index contributed by atoms with van der Waals surface area (Å²) < 4.78 is 0. The van der Waals surface area contributed by atoms with Crippen LogP contribution < -0.4 is 0 Å². The maximum atomic E-state index is 5.77. The van der Waals surface area contributed by atoms with Gasteiger partial charge in [-0.15, -0.1) is 0 Å². The van der Waals surface area contributed by atoms with Gasteiger partial charge in [-0.1, -0.05) is 17.7 Å². The molecule has 2 rings (SSSR count). The lowest BCUT2D eigenvalue weighted by Gasteiger charge is -2.20. The number of hydrogen-bond donors (Lipinski definition) is 0. The second-order valence-corrected chi connectivity index (χ2v) is 5.32. The number of rotatable bonds is 3. The molecular weight excluding hydrogens is 220 g/mol. The van der Waals surface area contributed by atoms with Gasteiger partial charge < -0.3 is 4.90 Å². The molecule has 0 radical (unpaired) electrons. The third kappa shape index (κ3) is 2.96. The summed E-state index contributed by atoms with van der Waals surface area (Å²) in [7, 11) is 0. The Labute approximate surface area is 103 Å². The molecule has 0 saturated carbocycles. The molecule has 88 valence electrons. The Balaban J connectivity index is 1.89. The number of hydrogen-bond acceptors (Lipinski definition) is 2. The molecule has 0 N–H and O–H groups in total. The Bertz CT molecular complexity index is 334. The minimum absolute atomic E-state index is 0.582. The second-order valence-electron chi connectivity index (χ2n) is 4.94. The number of halogens is 1. The van der Waals surface area contributed by atoms with Crippen molar-refractivity contribution in [2.75, 3.05) is 13.1 Å². The molecule has 16 heavy (non-hydrogen) atoms. The molecule has 1 aliphatic rings. The first-order chi connectivity index (χ1) is 7.65. The topological polar surface area (TPSA) is 16.1 Å². The Hall–Kier alpha value is -0.600. The molecule has 1 saturated heterocycles. The van der Waals surface area contributed by atoms with Crippen molar-refractivity contribution in [1.29, 1.82) is 0 Å². The molecule has 1 fully saturated rings. The Morgan fingerprint density at radius 1 is 1.50 bits per heavy atom. The maximum absolute atomic E-state index is 5.77. The van der Waals surface area contributed by atoms with Gasteiger partial charge in [0.25, 0.3) is 0 Å². The summed E-state index contributed by atoms with van der Waals surface area (Å²) in [5, 5.41) is 0.582. The van der Waals surface area contributed by atoms with Gasteiger partial charge >= 0.3 is 0 Å². The molecule has 0 aromatic carbocycles. The summed E-state index contributed by atoms with van der Waals surface area (Å²) in [6, 6.07) is 4.65. The first kappa shape index (κ1) is 11.9. The van der Waals surface area contributed by atoms with Gasteiger partial charge in [0.15, 0.2) is 0 Å². The van der Waals surface area contributed by atoms with E-state index in [0.29, 0.717) is 11.2 Å². The lowest BCUT2D eigenvalue weighted by Crippen LogP contribution is -2.28. The first-order valence-electron chi connectivity index (χ1n) is 5.99. The average molecular weight is 239 g/mol. The van der Waals surface area contributed by atoms with Crippen molar-refractivity contribution in [3.63, 3.8) is 0 Å². The van der Waals surface area contributed by atoms with Crippen molar-refractivity contribution < 1.29 is 0 Å². The van der Waals surface area contributed by atoms with Gasteiger partial charge in [0.1, 0.15) is 5.15 Å². The van der Waals surface area contributed by atoms with Crippen LogP contribution in [-0.4, -0.2) is 29.0 Å². The van der Waals surface area contributed by atoms with Crippen LogP contribution in [0.15, 0.2) is 18.3 Å². The molecule has 0 aliphatic carbocycles. The third-order valence-corrected chi connectivity index (χ3v) is 3.58. The normalized spacial score (nSPS) is 21.9. The molecule has 0 amide bonds. The van der Waals surface area contributed by atoms with E-state index >= 15 is 0 Å². The molecule has 1 aromatic rings. The van der Waals surface area contributed by atoms with Crippen molar-refractivity contribution in [1.82, 2.24) is 9.88 Å². The molecule has 1 aromatic heterocycles. The second kappa shape index (κ2) is 5.15. The van der Waals surface area contributed by atoms with Crippen LogP contribution in [0.1, 0.15) is 25.8 Å². The van der Waals surface area contributed by atoms with Crippen LogP contribution in [0.25, 0.3) is 0 Å². The Kier molecular flexibility index (Phi) is 3.82. The summed E-state index contributed by atoms with van der Waals surface area (Å²) in [6.45, 7) is 7.00. The van der Waals surface area contributed by atoms with E-state index in [0.717, 1.165) is 12.3 Å². The summed E-state index contributed by atoms with van der Waals surface area (Å²) in [4.78, 5) is 6.68. The van der Waals surface area contributed by atoms with Crippen LogP contribution in [0.5, 0.6) is 0 Å². The Morgan fingerprint density at radius 2 is 2.31 bits per heavy atom. The zero-order valence-corrected chi connectivity index (χ0v) is 10.7. The summed E-state index contributed by atoms with van der Waals surface area (Å²) in [5.74, 6) is 0.783. The van der Waals surface area contributed by atoms with E-state index in [1.807, 2.05) is 12.3 Å². The van der Waals surface area contributed by atoms with Crippen LogP contribution >= 0.6 is 11.6 Å². The van der Waals surface area contributed by atoms with E-state index in [-0.39, 0.29) is 0 Å². The minimum Gasteiger partial charge on any atom is -0.301 e. The third-order valence-electron chi connectivity index (χ3n) is 3.36. The lowest BCUT2D eigenvalue weighted by atomic mass is 10.00. The van der Waals surface area contributed by atoms with Crippen LogP contribution in [0.2, 0.25) is 5.15 Å². The van der Waals surface area contributed by atoms with Crippen molar-refractivity contribution in [2.45, 2.75) is 32.7 Å². The highest BCUT2D eigenvalue weighted by Crippen LogP contribution is 2.22. The fraction of sp³-hybridized carbons (Fsp3) is 0.615. The monoisotopic (exact) mass is 238 g/mol. The van der Waals surface area contributed by atoms with Crippen LogP contribution in [0, 0.1) is 5.92 Å². The van der Waals surface area contributed by atoms with E-state index in [9.17, 15) is 0 Å². The van der Waals surface area contributed by atoms with Gasteiger partial charge in [0.05, 0.1) is 0 Å². The molecule has 2 heterocycles. The highest BCUT2D eigenvalue weighted by atomic mass is 35.5. The lowest BCUT2D eigenvalue weighted by molar-refractivity contribution is 0.265. The van der Waals surface area contributed by atoms with E-state index in [1.54, 1.807) is 0 Å². The van der Waals surface area contributed by atoms with E-state index in [2.05, 4.69) is 29.8 Å². The number of pyridine rings is 1. The van der Waals surface area contributed by atoms with Crippen molar-refractivity contribution in [3.05, 3.63) is 29.0 Å². The van der Waals surface area contributed by atoms with Gasteiger partial charge in [-0.25, -0.2) is 4.98 Å². The number of aromatic nitrogens is 1. The van der Waals surface area contributed by atoms with Crippen LogP contribution in [0.4, 0.5) is 0 Å². The summed E-state index contributed by atoms with van der Waals surface area (Å²) in [5.41, 5.74) is 1.31. The highest BCUT2D eigenvalue weighted by molar-refractivity contribution is 6.29. The summed E-state index contributed by atoms with van der Waals surface area (Å²) in [6.07, 6.45) is 4.34. The first-order valence-corrected chi connectivity index (χ1v) is 6.37. The van der Waals surface area contributed by atoms with Gasteiger partial charge in [-0.05, 0) is 50.8 Å². The zero-order valence-electron chi connectivity index (χ0n) is 9.99. The van der Waals surface area contributed by atoms with Crippen LogP contribution in [-0.2, 0) is 6.42 Å². The fourth-order valence-electron chi connectivity index (χ4n) is 2.36. The van der Waals surface area contributed by atoms with Crippen molar-refractivity contribution >= 4 is 11.6 Å². The van der Waals surface area contributed by atoms with Gasteiger partial charge in [0.2, 0.25) is 0 Å². The minimum atomic E-state index is 0.582. The standard InChI is InChI=1S/C13H19ClN2/c1-10(2)16-6-5-12(9-16)7-11-3-4-13(14)15-8-11/h3-4,8,10,12H,5-7,9H2,1-2H3.